The van der Waals surface area contributed by atoms with E-state index in [1.165, 1.54) is 10.4 Å². The van der Waals surface area contributed by atoms with Crippen LogP contribution < -0.4 is 0 Å². The molecule has 2 heterocycles. The van der Waals surface area contributed by atoms with Crippen LogP contribution in [0.1, 0.15) is 29.7 Å². The number of aromatic nitrogens is 4. The van der Waals surface area contributed by atoms with Crippen molar-refractivity contribution in [2.45, 2.75) is 36.4 Å². The standard InChI is InChI=1S/C16H16N4OS2/c21-9-14-18-19-16(20(14)12-6-7-12)22-10-15-17-8-13(23-15)11-4-2-1-3-5-11/h1-5,8,12,21H,6-7,9-10H2. The van der Waals surface area contributed by atoms with E-state index in [1.807, 2.05) is 24.4 Å². The third kappa shape index (κ3) is 3.17. The largest absolute Gasteiger partial charge is 0.388 e. The molecule has 0 radical (unpaired) electrons. The molecule has 0 amide bonds. The number of thioether (sulfide) groups is 1. The van der Waals surface area contributed by atoms with E-state index in [0.29, 0.717) is 11.9 Å². The van der Waals surface area contributed by atoms with Gasteiger partial charge in [0, 0.05) is 12.2 Å². The molecule has 1 aliphatic carbocycles. The molecule has 0 spiro atoms. The maximum Gasteiger partial charge on any atom is 0.191 e. The van der Waals surface area contributed by atoms with Crippen molar-refractivity contribution in [3.63, 3.8) is 0 Å². The van der Waals surface area contributed by atoms with Crippen molar-refractivity contribution in [1.82, 2.24) is 19.7 Å². The van der Waals surface area contributed by atoms with Crippen molar-refractivity contribution in [2.75, 3.05) is 0 Å². The number of aliphatic hydroxyl groups is 1. The fourth-order valence-electron chi connectivity index (χ4n) is 2.45. The maximum absolute atomic E-state index is 9.38. The summed E-state index contributed by atoms with van der Waals surface area (Å²) < 4.78 is 2.08. The molecule has 118 valence electrons. The lowest BCUT2D eigenvalue weighted by molar-refractivity contribution is 0.263. The van der Waals surface area contributed by atoms with E-state index in [4.69, 9.17) is 0 Å². The smallest absolute Gasteiger partial charge is 0.191 e. The van der Waals surface area contributed by atoms with E-state index in [2.05, 4.69) is 31.9 Å². The third-order valence-electron chi connectivity index (χ3n) is 3.73. The zero-order valence-electron chi connectivity index (χ0n) is 12.4. The molecule has 0 saturated heterocycles. The van der Waals surface area contributed by atoms with Crippen molar-refractivity contribution in [2.24, 2.45) is 0 Å². The lowest BCUT2D eigenvalue weighted by Crippen LogP contribution is -2.02. The summed E-state index contributed by atoms with van der Waals surface area (Å²) in [5, 5.41) is 19.6. The Morgan fingerprint density at radius 2 is 2.04 bits per heavy atom. The monoisotopic (exact) mass is 344 g/mol. The molecule has 0 aliphatic heterocycles. The van der Waals surface area contributed by atoms with E-state index in [-0.39, 0.29) is 6.61 Å². The molecular weight excluding hydrogens is 328 g/mol. The average Bonchev–Trinajstić information content (AvgIpc) is 3.18. The second kappa shape index (κ2) is 6.43. The molecule has 4 rings (SSSR count). The second-order valence-corrected chi connectivity index (χ2v) is 7.49. The van der Waals surface area contributed by atoms with Crippen molar-refractivity contribution in [3.8, 4) is 10.4 Å². The topological polar surface area (TPSA) is 63.8 Å². The number of rotatable bonds is 6. The van der Waals surface area contributed by atoms with E-state index in [9.17, 15) is 5.11 Å². The molecule has 1 saturated carbocycles. The first kappa shape index (κ1) is 14.9. The van der Waals surface area contributed by atoms with Crippen LogP contribution in [-0.2, 0) is 12.4 Å². The van der Waals surface area contributed by atoms with Gasteiger partial charge < -0.3 is 9.67 Å². The van der Waals surface area contributed by atoms with E-state index in [1.54, 1.807) is 23.1 Å². The van der Waals surface area contributed by atoms with Crippen LogP contribution in [0.5, 0.6) is 0 Å². The minimum atomic E-state index is -0.0561. The zero-order chi connectivity index (χ0) is 15.6. The summed E-state index contributed by atoms with van der Waals surface area (Å²) in [4.78, 5) is 5.70. The summed E-state index contributed by atoms with van der Waals surface area (Å²) in [6.45, 7) is -0.0561. The molecule has 5 nitrogen and oxygen atoms in total. The normalized spacial score (nSPS) is 14.3. The Bertz CT molecular complexity index is 796. The fraction of sp³-hybridized carbons (Fsp3) is 0.312. The van der Waals surface area contributed by atoms with Crippen LogP contribution in [0.4, 0.5) is 0 Å². The molecule has 1 N–H and O–H groups in total. The molecule has 23 heavy (non-hydrogen) atoms. The highest BCUT2D eigenvalue weighted by Crippen LogP contribution is 2.39. The highest BCUT2D eigenvalue weighted by molar-refractivity contribution is 7.98. The summed E-state index contributed by atoms with van der Waals surface area (Å²) in [5.41, 5.74) is 1.20. The molecule has 7 heteroatoms. The number of aliphatic hydroxyl groups excluding tert-OH is 1. The molecule has 1 aliphatic rings. The van der Waals surface area contributed by atoms with Gasteiger partial charge in [-0.2, -0.15) is 0 Å². The Balaban J connectivity index is 1.48. The number of thiazole rings is 1. The van der Waals surface area contributed by atoms with Gasteiger partial charge >= 0.3 is 0 Å². The average molecular weight is 344 g/mol. The van der Waals surface area contributed by atoms with Crippen LogP contribution in [0.25, 0.3) is 10.4 Å². The van der Waals surface area contributed by atoms with Crippen LogP contribution in [-0.4, -0.2) is 24.9 Å². The predicted octanol–water partition coefficient (Wildman–Crippen LogP) is 3.52. The molecular formula is C16H16N4OS2. The van der Waals surface area contributed by atoms with Gasteiger partial charge in [-0.05, 0) is 18.4 Å². The highest BCUT2D eigenvalue weighted by Gasteiger charge is 2.29. The SMILES string of the molecule is OCc1nnc(SCc2ncc(-c3ccccc3)s2)n1C1CC1. The first-order valence-electron chi connectivity index (χ1n) is 7.52. The minimum Gasteiger partial charge on any atom is -0.388 e. The van der Waals surface area contributed by atoms with Gasteiger partial charge in [-0.15, -0.1) is 21.5 Å². The molecule has 2 aromatic heterocycles. The van der Waals surface area contributed by atoms with Crippen molar-refractivity contribution >= 4 is 23.1 Å². The van der Waals surface area contributed by atoms with E-state index >= 15 is 0 Å². The molecule has 0 atom stereocenters. The summed E-state index contributed by atoms with van der Waals surface area (Å²) in [6, 6.07) is 10.8. The number of nitrogens with zero attached hydrogens (tertiary/aromatic N) is 4. The predicted molar refractivity (Wildman–Crippen MR) is 91.3 cm³/mol. The molecule has 0 unspecified atom stereocenters. The van der Waals surface area contributed by atoms with Gasteiger partial charge in [0.2, 0.25) is 0 Å². The van der Waals surface area contributed by atoms with Crippen molar-refractivity contribution in [3.05, 3.63) is 47.4 Å². The first-order chi connectivity index (χ1) is 11.3. The Morgan fingerprint density at radius 3 is 2.78 bits per heavy atom. The molecule has 3 aromatic rings. The lowest BCUT2D eigenvalue weighted by Gasteiger charge is -2.06. The van der Waals surface area contributed by atoms with Crippen LogP contribution in [0.3, 0.4) is 0 Å². The van der Waals surface area contributed by atoms with Gasteiger partial charge in [0.1, 0.15) is 11.6 Å². The van der Waals surface area contributed by atoms with Crippen molar-refractivity contribution < 1.29 is 5.11 Å². The van der Waals surface area contributed by atoms with Gasteiger partial charge in [0.15, 0.2) is 11.0 Å². The Morgan fingerprint density at radius 1 is 1.22 bits per heavy atom. The Hall–Kier alpha value is -1.70. The number of hydrogen-bond acceptors (Lipinski definition) is 6. The summed E-state index contributed by atoms with van der Waals surface area (Å²) in [6.07, 6.45) is 4.22. The molecule has 1 aromatic carbocycles. The van der Waals surface area contributed by atoms with Gasteiger partial charge in [-0.1, -0.05) is 42.1 Å². The zero-order valence-corrected chi connectivity index (χ0v) is 14.1. The van der Waals surface area contributed by atoms with Crippen LogP contribution in [0, 0.1) is 0 Å². The van der Waals surface area contributed by atoms with Gasteiger partial charge in [-0.25, -0.2) is 4.98 Å². The molecule has 0 bridgehead atoms. The first-order valence-corrected chi connectivity index (χ1v) is 9.33. The summed E-state index contributed by atoms with van der Waals surface area (Å²) >= 11 is 3.35. The number of hydrogen-bond donors (Lipinski definition) is 1. The summed E-state index contributed by atoms with van der Waals surface area (Å²) in [5.74, 6) is 1.44. The number of benzene rings is 1. The van der Waals surface area contributed by atoms with Gasteiger partial charge in [-0.3, -0.25) is 0 Å². The van der Waals surface area contributed by atoms with E-state index in [0.717, 1.165) is 28.8 Å². The summed E-state index contributed by atoms with van der Waals surface area (Å²) in [7, 11) is 0. The second-order valence-electron chi connectivity index (χ2n) is 5.43. The van der Waals surface area contributed by atoms with Gasteiger partial charge in [0.05, 0.1) is 10.6 Å². The third-order valence-corrected chi connectivity index (χ3v) is 5.91. The van der Waals surface area contributed by atoms with Crippen molar-refractivity contribution in [1.29, 1.82) is 0 Å². The van der Waals surface area contributed by atoms with Gasteiger partial charge in [0.25, 0.3) is 0 Å². The highest BCUT2D eigenvalue weighted by atomic mass is 32.2. The van der Waals surface area contributed by atoms with Crippen LogP contribution >= 0.6 is 23.1 Å². The Labute approximate surface area is 142 Å². The van der Waals surface area contributed by atoms with Crippen LogP contribution in [0.15, 0.2) is 41.7 Å². The Kier molecular flexibility index (Phi) is 4.15. The molecule has 1 fully saturated rings. The lowest BCUT2D eigenvalue weighted by atomic mass is 10.2. The fourth-order valence-corrected chi connectivity index (χ4v) is 4.40. The maximum atomic E-state index is 9.38. The van der Waals surface area contributed by atoms with E-state index < -0.39 is 0 Å². The quantitative estimate of drug-likeness (QED) is 0.693. The van der Waals surface area contributed by atoms with Crippen LogP contribution in [0.2, 0.25) is 0 Å². The minimum absolute atomic E-state index is 0.0561.